The highest BCUT2D eigenvalue weighted by molar-refractivity contribution is 5.89. The number of nitrogens with zero attached hydrogens (tertiary/aromatic N) is 2. The molecule has 1 aliphatic heterocycles. The quantitative estimate of drug-likeness (QED) is 0.814. The first-order valence-electron chi connectivity index (χ1n) is 11.7. The SMILES string of the molecule is CC(C)n1cc2c3c(cccc31)C1C[C@@H](C(=O)NC3CCC(O)CC3)CN(C)[C@@H]1C2. The number of fused-ring (bicyclic) bond motifs is 2. The molecule has 1 aromatic carbocycles. The lowest BCUT2D eigenvalue weighted by Gasteiger charge is -2.45. The minimum Gasteiger partial charge on any atom is -0.393 e. The molecule has 1 saturated carbocycles. The molecule has 5 nitrogen and oxygen atoms in total. The molecule has 2 aliphatic carbocycles. The van der Waals surface area contributed by atoms with Crippen molar-refractivity contribution in [2.45, 2.75) is 82.5 Å². The molecule has 5 heteroatoms. The van der Waals surface area contributed by atoms with E-state index in [4.69, 9.17) is 0 Å². The van der Waals surface area contributed by atoms with Crippen molar-refractivity contribution in [3.05, 3.63) is 35.5 Å². The summed E-state index contributed by atoms with van der Waals surface area (Å²) in [6, 6.07) is 7.88. The number of likely N-dealkylation sites (N-methyl/N-ethyl adjacent to an activating group) is 1. The fraction of sp³-hybridized carbons (Fsp3) is 0.640. The van der Waals surface area contributed by atoms with Crippen LogP contribution in [0.3, 0.4) is 0 Å². The van der Waals surface area contributed by atoms with E-state index in [1.165, 1.54) is 22.0 Å². The zero-order valence-electron chi connectivity index (χ0n) is 18.5. The Balaban J connectivity index is 1.40. The fourth-order valence-electron chi connectivity index (χ4n) is 6.23. The minimum absolute atomic E-state index is 0.0343. The first-order chi connectivity index (χ1) is 14.4. The molecule has 0 radical (unpaired) electrons. The largest absolute Gasteiger partial charge is 0.393 e. The number of nitrogens with one attached hydrogen (secondary N) is 1. The molecule has 2 aromatic rings. The summed E-state index contributed by atoms with van der Waals surface area (Å²) in [6.45, 7) is 5.33. The summed E-state index contributed by atoms with van der Waals surface area (Å²) >= 11 is 0. The Morgan fingerprint density at radius 3 is 2.70 bits per heavy atom. The van der Waals surface area contributed by atoms with E-state index in [2.05, 4.69) is 60.1 Å². The Hall–Kier alpha value is -1.85. The van der Waals surface area contributed by atoms with Crippen molar-refractivity contribution in [2.75, 3.05) is 13.6 Å². The van der Waals surface area contributed by atoms with Gasteiger partial charge in [0.2, 0.25) is 5.91 Å². The van der Waals surface area contributed by atoms with E-state index in [0.29, 0.717) is 18.0 Å². The average molecular weight is 410 g/mol. The first kappa shape index (κ1) is 20.1. The Kier molecular flexibility index (Phi) is 5.14. The van der Waals surface area contributed by atoms with Crippen molar-refractivity contribution in [1.82, 2.24) is 14.8 Å². The molecule has 30 heavy (non-hydrogen) atoms. The zero-order valence-corrected chi connectivity index (χ0v) is 18.5. The van der Waals surface area contributed by atoms with E-state index in [-0.39, 0.29) is 24.0 Å². The summed E-state index contributed by atoms with van der Waals surface area (Å²) in [5.41, 5.74) is 4.24. The molecular weight excluding hydrogens is 374 g/mol. The van der Waals surface area contributed by atoms with Crippen molar-refractivity contribution in [2.24, 2.45) is 5.92 Å². The molecule has 2 N–H and O–H groups in total. The van der Waals surface area contributed by atoms with Gasteiger partial charge in [-0.2, -0.15) is 0 Å². The minimum atomic E-state index is -0.185. The lowest BCUT2D eigenvalue weighted by Crippen LogP contribution is -2.52. The predicted octanol–water partition coefficient (Wildman–Crippen LogP) is 3.60. The number of aromatic nitrogens is 1. The summed E-state index contributed by atoms with van der Waals surface area (Å²) in [5, 5.41) is 14.5. The van der Waals surface area contributed by atoms with Gasteiger partial charge in [-0.1, -0.05) is 12.1 Å². The number of hydrogen-bond donors (Lipinski definition) is 2. The second-order valence-electron chi connectivity index (χ2n) is 10.2. The van der Waals surface area contributed by atoms with Crippen molar-refractivity contribution in [1.29, 1.82) is 0 Å². The summed E-state index contributed by atoms with van der Waals surface area (Å²) in [4.78, 5) is 15.6. The van der Waals surface area contributed by atoms with Gasteiger partial charge in [0.15, 0.2) is 0 Å². The molecule has 1 unspecified atom stereocenters. The van der Waals surface area contributed by atoms with Gasteiger partial charge in [0.05, 0.1) is 12.0 Å². The molecule has 0 bridgehead atoms. The third kappa shape index (κ3) is 3.36. The number of rotatable bonds is 3. The van der Waals surface area contributed by atoms with Crippen molar-refractivity contribution >= 4 is 16.8 Å². The summed E-state index contributed by atoms with van der Waals surface area (Å²) in [5.74, 6) is 0.651. The van der Waals surface area contributed by atoms with Crippen LogP contribution < -0.4 is 5.32 Å². The average Bonchev–Trinajstić information content (AvgIpc) is 3.10. The summed E-state index contributed by atoms with van der Waals surface area (Å²) in [7, 11) is 2.19. The van der Waals surface area contributed by atoms with Gasteiger partial charge in [-0.05, 0) is 76.6 Å². The van der Waals surface area contributed by atoms with Gasteiger partial charge in [0.25, 0.3) is 0 Å². The molecule has 1 aromatic heterocycles. The van der Waals surface area contributed by atoms with Gasteiger partial charge >= 0.3 is 0 Å². The molecule has 0 spiro atoms. The number of amides is 1. The highest BCUT2D eigenvalue weighted by atomic mass is 16.3. The van der Waals surface area contributed by atoms with E-state index < -0.39 is 0 Å². The van der Waals surface area contributed by atoms with Crippen molar-refractivity contribution in [3.63, 3.8) is 0 Å². The van der Waals surface area contributed by atoms with Crippen LogP contribution in [0.25, 0.3) is 10.9 Å². The van der Waals surface area contributed by atoms with E-state index >= 15 is 0 Å². The monoisotopic (exact) mass is 409 g/mol. The number of aliphatic hydroxyl groups is 1. The number of benzene rings is 1. The van der Waals surface area contributed by atoms with Crippen molar-refractivity contribution in [3.8, 4) is 0 Å². The van der Waals surface area contributed by atoms with Crippen LogP contribution in [0.15, 0.2) is 24.4 Å². The zero-order chi connectivity index (χ0) is 21.0. The lowest BCUT2D eigenvalue weighted by atomic mass is 9.72. The Labute approximate surface area is 179 Å². The van der Waals surface area contributed by atoms with Gasteiger partial charge in [-0.15, -0.1) is 0 Å². The molecule has 5 rings (SSSR count). The van der Waals surface area contributed by atoms with Crippen molar-refractivity contribution < 1.29 is 9.90 Å². The van der Waals surface area contributed by atoms with E-state index in [1.807, 2.05) is 0 Å². The van der Waals surface area contributed by atoms with E-state index in [0.717, 1.165) is 45.1 Å². The summed E-state index contributed by atoms with van der Waals surface area (Å²) in [6.07, 6.45) is 7.58. The van der Waals surface area contributed by atoms with Crippen LogP contribution in [-0.4, -0.2) is 52.3 Å². The summed E-state index contributed by atoms with van der Waals surface area (Å²) < 4.78 is 2.41. The van der Waals surface area contributed by atoms with E-state index in [1.54, 1.807) is 0 Å². The predicted molar refractivity (Wildman–Crippen MR) is 120 cm³/mol. The second kappa shape index (κ2) is 7.69. The third-order valence-corrected chi connectivity index (χ3v) is 7.85. The second-order valence-corrected chi connectivity index (χ2v) is 10.2. The van der Waals surface area contributed by atoms with Crippen LogP contribution in [0.2, 0.25) is 0 Å². The topological polar surface area (TPSA) is 57.5 Å². The highest BCUT2D eigenvalue weighted by Crippen LogP contribution is 2.45. The van der Waals surface area contributed by atoms with Crippen LogP contribution in [-0.2, 0) is 11.2 Å². The maximum Gasteiger partial charge on any atom is 0.224 e. The molecular formula is C25H35N3O2. The van der Waals surface area contributed by atoms with Crippen LogP contribution >= 0.6 is 0 Å². The van der Waals surface area contributed by atoms with Crippen LogP contribution in [0.1, 0.15) is 69.0 Å². The first-order valence-corrected chi connectivity index (χ1v) is 11.7. The van der Waals surface area contributed by atoms with Crippen LogP contribution in [0, 0.1) is 5.92 Å². The maximum atomic E-state index is 13.1. The number of hydrogen-bond acceptors (Lipinski definition) is 3. The molecule has 2 fully saturated rings. The number of carbonyl (C=O) groups excluding carboxylic acids is 1. The Bertz CT molecular complexity index is 941. The normalized spacial score (nSPS) is 31.7. The maximum absolute atomic E-state index is 13.1. The molecule has 3 atom stereocenters. The lowest BCUT2D eigenvalue weighted by molar-refractivity contribution is -0.128. The van der Waals surface area contributed by atoms with Crippen LogP contribution in [0.5, 0.6) is 0 Å². The molecule has 3 aliphatic rings. The number of aliphatic hydroxyl groups excluding tert-OH is 1. The number of carbonyl (C=O) groups is 1. The molecule has 1 saturated heterocycles. The molecule has 1 amide bonds. The Morgan fingerprint density at radius 1 is 1.20 bits per heavy atom. The van der Waals surface area contributed by atoms with Crippen LogP contribution in [0.4, 0.5) is 0 Å². The van der Waals surface area contributed by atoms with Gasteiger partial charge in [-0.25, -0.2) is 0 Å². The fourth-order valence-corrected chi connectivity index (χ4v) is 6.23. The molecule has 162 valence electrons. The van der Waals surface area contributed by atoms with Gasteiger partial charge in [0.1, 0.15) is 0 Å². The van der Waals surface area contributed by atoms with Gasteiger partial charge in [0, 0.05) is 47.7 Å². The number of likely N-dealkylation sites (tertiary alicyclic amines) is 1. The standard InChI is InChI=1S/C25H35N3O2/c1-15(2)28-14-16-12-23-21(20-5-4-6-22(28)24(16)20)11-17(13-27(23)3)25(30)26-18-7-9-19(29)10-8-18/h4-6,14-15,17-19,21,23,29H,7-13H2,1-3H3,(H,26,30)/t17-,18?,19?,21?,23-/m1/s1. The number of piperidine rings is 1. The van der Waals surface area contributed by atoms with E-state index in [9.17, 15) is 9.90 Å². The molecule has 2 heterocycles. The smallest absolute Gasteiger partial charge is 0.224 e. The Morgan fingerprint density at radius 2 is 1.97 bits per heavy atom. The third-order valence-electron chi connectivity index (χ3n) is 7.85. The van der Waals surface area contributed by atoms with Gasteiger partial charge < -0.3 is 19.9 Å². The van der Waals surface area contributed by atoms with Gasteiger partial charge in [-0.3, -0.25) is 4.79 Å². The highest BCUT2D eigenvalue weighted by Gasteiger charge is 2.42.